The van der Waals surface area contributed by atoms with Gasteiger partial charge < -0.3 is 5.73 Å². The molecule has 0 aliphatic carbocycles. The van der Waals surface area contributed by atoms with Crippen LogP contribution in [0.1, 0.15) is 64.7 Å². The maximum Gasteiger partial charge on any atom is 0.0455 e. The van der Waals surface area contributed by atoms with Crippen LogP contribution in [0.15, 0.2) is 0 Å². The Morgan fingerprint density at radius 1 is 0.824 bits per heavy atom. The smallest absolute Gasteiger partial charge is 0.0455 e. The summed E-state index contributed by atoms with van der Waals surface area (Å²) < 4.78 is 0. The summed E-state index contributed by atoms with van der Waals surface area (Å²) in [5, 5.41) is 0. The minimum atomic E-state index is 0.718. The Balaban J connectivity index is 3.28. The van der Waals surface area contributed by atoms with Crippen LogP contribution in [-0.4, -0.2) is 30.4 Å². The Bertz CT molecular complexity index is 142. The van der Waals surface area contributed by atoms with Crippen LogP contribution >= 0.6 is 12.6 Å². The Kier molecular flexibility index (Phi) is 14.6. The van der Waals surface area contributed by atoms with E-state index in [2.05, 4.69) is 24.5 Å². The van der Waals surface area contributed by atoms with Crippen LogP contribution in [0.2, 0.25) is 0 Å². The molecule has 2 N–H and O–H groups in total. The van der Waals surface area contributed by atoms with Gasteiger partial charge in [0.2, 0.25) is 0 Å². The van der Waals surface area contributed by atoms with Crippen LogP contribution in [-0.2, 0) is 0 Å². The number of hydrogen-bond donors (Lipinski definition) is 2. The largest absolute Gasteiger partial charge is 0.318 e. The van der Waals surface area contributed by atoms with E-state index in [4.69, 9.17) is 5.73 Å². The lowest BCUT2D eigenvalue weighted by Gasteiger charge is -2.19. The SMILES string of the molecule is CCCCCCCCN(CN)CCCCCS. The normalized spacial score (nSPS) is 11.3. The fourth-order valence-electron chi connectivity index (χ4n) is 2.03. The minimum Gasteiger partial charge on any atom is -0.318 e. The zero-order valence-electron chi connectivity index (χ0n) is 11.7. The number of nitrogens with zero attached hydrogens (tertiary/aromatic N) is 1. The van der Waals surface area contributed by atoms with E-state index in [0.29, 0.717) is 0 Å². The summed E-state index contributed by atoms with van der Waals surface area (Å²) in [6.45, 7) is 5.33. The van der Waals surface area contributed by atoms with Gasteiger partial charge in [-0.2, -0.15) is 12.6 Å². The number of hydrogen-bond acceptors (Lipinski definition) is 3. The van der Waals surface area contributed by atoms with Gasteiger partial charge >= 0.3 is 0 Å². The average Bonchev–Trinajstić information content (AvgIpc) is 2.36. The highest BCUT2D eigenvalue weighted by molar-refractivity contribution is 7.80. The quantitative estimate of drug-likeness (QED) is 0.301. The molecule has 0 fully saturated rings. The van der Waals surface area contributed by atoms with Crippen molar-refractivity contribution < 1.29 is 0 Å². The second-order valence-corrected chi connectivity index (χ2v) is 5.30. The summed E-state index contributed by atoms with van der Waals surface area (Å²) in [6, 6.07) is 0. The van der Waals surface area contributed by atoms with E-state index < -0.39 is 0 Å². The molecule has 0 saturated heterocycles. The van der Waals surface area contributed by atoms with Crippen molar-refractivity contribution in [3.05, 3.63) is 0 Å². The lowest BCUT2D eigenvalue weighted by Crippen LogP contribution is -2.31. The van der Waals surface area contributed by atoms with Gasteiger partial charge in [-0.3, -0.25) is 4.90 Å². The zero-order chi connectivity index (χ0) is 12.8. The zero-order valence-corrected chi connectivity index (χ0v) is 12.6. The van der Waals surface area contributed by atoms with Gasteiger partial charge in [-0.15, -0.1) is 0 Å². The summed E-state index contributed by atoms with van der Waals surface area (Å²) in [7, 11) is 0. The van der Waals surface area contributed by atoms with Crippen LogP contribution in [0, 0.1) is 0 Å². The second kappa shape index (κ2) is 14.3. The lowest BCUT2D eigenvalue weighted by molar-refractivity contribution is 0.268. The molecule has 0 atom stereocenters. The summed E-state index contributed by atoms with van der Waals surface area (Å²) >= 11 is 4.23. The number of unbranched alkanes of at least 4 members (excludes halogenated alkanes) is 7. The van der Waals surface area contributed by atoms with E-state index in [0.717, 1.165) is 12.4 Å². The minimum absolute atomic E-state index is 0.718. The first-order valence-corrected chi connectivity index (χ1v) is 8.01. The topological polar surface area (TPSA) is 29.3 Å². The number of nitrogens with two attached hydrogens (primary N) is 1. The molecular weight excluding hydrogens is 228 g/mol. The maximum atomic E-state index is 5.76. The van der Waals surface area contributed by atoms with Crippen LogP contribution in [0.3, 0.4) is 0 Å². The molecule has 104 valence electrons. The first-order chi connectivity index (χ1) is 8.35. The van der Waals surface area contributed by atoms with Crippen molar-refractivity contribution in [2.75, 3.05) is 25.5 Å². The molecule has 0 spiro atoms. The third-order valence-electron chi connectivity index (χ3n) is 3.22. The van der Waals surface area contributed by atoms with Crippen molar-refractivity contribution >= 4 is 12.6 Å². The Morgan fingerprint density at radius 2 is 1.35 bits per heavy atom. The molecule has 0 unspecified atom stereocenters. The van der Waals surface area contributed by atoms with Gasteiger partial charge in [0.25, 0.3) is 0 Å². The van der Waals surface area contributed by atoms with E-state index in [1.54, 1.807) is 0 Å². The first-order valence-electron chi connectivity index (χ1n) is 7.38. The van der Waals surface area contributed by atoms with E-state index in [1.807, 2.05) is 0 Å². The maximum absolute atomic E-state index is 5.76. The molecule has 0 amide bonds. The monoisotopic (exact) mass is 260 g/mol. The molecule has 0 bridgehead atoms. The summed E-state index contributed by atoms with van der Waals surface area (Å²) in [6.07, 6.45) is 12.0. The Labute approximate surface area is 114 Å². The van der Waals surface area contributed by atoms with Crippen LogP contribution < -0.4 is 5.73 Å². The Morgan fingerprint density at radius 3 is 1.88 bits per heavy atom. The molecule has 17 heavy (non-hydrogen) atoms. The molecule has 0 radical (unpaired) electrons. The first kappa shape index (κ1) is 17.3. The van der Waals surface area contributed by atoms with Crippen LogP contribution in [0.5, 0.6) is 0 Å². The Hall–Kier alpha value is 0.270. The van der Waals surface area contributed by atoms with Gasteiger partial charge in [0.05, 0.1) is 0 Å². The summed E-state index contributed by atoms with van der Waals surface area (Å²) in [5.41, 5.74) is 5.76. The molecule has 0 saturated carbocycles. The molecule has 0 aromatic heterocycles. The van der Waals surface area contributed by atoms with E-state index >= 15 is 0 Å². The van der Waals surface area contributed by atoms with Gasteiger partial charge in [0.1, 0.15) is 0 Å². The molecule has 0 rings (SSSR count). The number of rotatable bonds is 13. The van der Waals surface area contributed by atoms with Crippen LogP contribution in [0.25, 0.3) is 0 Å². The van der Waals surface area contributed by atoms with Crippen molar-refractivity contribution in [3.8, 4) is 0 Å². The molecule has 0 aromatic rings. The second-order valence-electron chi connectivity index (χ2n) is 4.85. The van der Waals surface area contributed by atoms with E-state index in [1.165, 1.54) is 70.9 Å². The molecular formula is C14H32N2S. The van der Waals surface area contributed by atoms with Gasteiger partial charge in [0.15, 0.2) is 0 Å². The van der Waals surface area contributed by atoms with Gasteiger partial charge in [-0.25, -0.2) is 0 Å². The van der Waals surface area contributed by atoms with E-state index in [-0.39, 0.29) is 0 Å². The van der Waals surface area contributed by atoms with Crippen molar-refractivity contribution in [2.24, 2.45) is 5.73 Å². The lowest BCUT2D eigenvalue weighted by atomic mass is 10.1. The predicted octanol–water partition coefficient (Wildman–Crippen LogP) is 3.67. The van der Waals surface area contributed by atoms with Crippen molar-refractivity contribution in [2.45, 2.75) is 64.7 Å². The molecule has 3 heteroatoms. The van der Waals surface area contributed by atoms with Crippen molar-refractivity contribution in [1.82, 2.24) is 4.90 Å². The van der Waals surface area contributed by atoms with E-state index in [9.17, 15) is 0 Å². The van der Waals surface area contributed by atoms with Gasteiger partial charge in [0, 0.05) is 6.67 Å². The molecule has 0 aromatic carbocycles. The molecule has 0 aliphatic heterocycles. The highest BCUT2D eigenvalue weighted by atomic mass is 32.1. The molecule has 0 aliphatic rings. The third-order valence-corrected chi connectivity index (χ3v) is 3.53. The van der Waals surface area contributed by atoms with Gasteiger partial charge in [-0.05, 0) is 38.1 Å². The fraction of sp³-hybridized carbons (Fsp3) is 1.00. The number of thiol groups is 1. The fourth-order valence-corrected chi connectivity index (χ4v) is 2.26. The molecule has 2 nitrogen and oxygen atoms in total. The van der Waals surface area contributed by atoms with Crippen molar-refractivity contribution in [3.63, 3.8) is 0 Å². The van der Waals surface area contributed by atoms with Crippen LogP contribution in [0.4, 0.5) is 0 Å². The standard InChI is InChI=1S/C14H32N2S/c1-2-3-4-5-6-8-11-16(14-15)12-9-7-10-13-17/h17H,2-15H2,1H3. The molecule has 0 heterocycles. The van der Waals surface area contributed by atoms with Crippen molar-refractivity contribution in [1.29, 1.82) is 0 Å². The average molecular weight is 260 g/mol. The predicted molar refractivity (Wildman–Crippen MR) is 81.7 cm³/mol. The summed E-state index contributed by atoms with van der Waals surface area (Å²) in [4.78, 5) is 2.39. The highest BCUT2D eigenvalue weighted by Crippen LogP contribution is 2.06. The summed E-state index contributed by atoms with van der Waals surface area (Å²) in [5.74, 6) is 1.01. The third kappa shape index (κ3) is 12.5. The highest BCUT2D eigenvalue weighted by Gasteiger charge is 2.01. The van der Waals surface area contributed by atoms with Gasteiger partial charge in [-0.1, -0.05) is 45.4 Å².